The summed E-state index contributed by atoms with van der Waals surface area (Å²) in [5.74, 6) is 2.29. The van der Waals surface area contributed by atoms with E-state index in [9.17, 15) is 4.79 Å². The number of amides is 1. The van der Waals surface area contributed by atoms with E-state index in [1.54, 1.807) is 11.3 Å². The Kier molecular flexibility index (Phi) is 5.53. The molecule has 0 spiro atoms. The van der Waals surface area contributed by atoms with Crippen molar-refractivity contribution in [3.05, 3.63) is 20.8 Å². The number of thiophene rings is 1. The summed E-state index contributed by atoms with van der Waals surface area (Å²) >= 11 is 5.04. The maximum atomic E-state index is 11.5. The van der Waals surface area contributed by atoms with Gasteiger partial charge in [-0.1, -0.05) is 5.92 Å². The summed E-state index contributed by atoms with van der Waals surface area (Å²) in [5.41, 5.74) is 0. The summed E-state index contributed by atoms with van der Waals surface area (Å²) in [5, 5.41) is 5.76. The first-order valence-electron chi connectivity index (χ1n) is 4.82. The van der Waals surface area contributed by atoms with Gasteiger partial charge in [0.05, 0.1) is 16.4 Å². The van der Waals surface area contributed by atoms with E-state index in [4.69, 9.17) is 6.42 Å². The molecule has 1 unspecified atom stereocenters. The van der Waals surface area contributed by atoms with Crippen LogP contribution < -0.4 is 10.6 Å². The predicted molar refractivity (Wildman–Crippen MR) is 70.2 cm³/mol. The fraction of sp³-hybridized carbons (Fsp3) is 0.364. The van der Waals surface area contributed by atoms with E-state index in [-0.39, 0.29) is 18.5 Å². The predicted octanol–water partition coefficient (Wildman–Crippen LogP) is 1.74. The quantitative estimate of drug-likeness (QED) is 0.813. The SMILES string of the molecule is C#CCNC(=O)C(C)NCc1ccc(Br)s1. The van der Waals surface area contributed by atoms with E-state index in [1.165, 1.54) is 4.88 Å². The lowest BCUT2D eigenvalue weighted by atomic mass is 10.3. The van der Waals surface area contributed by atoms with E-state index < -0.39 is 0 Å². The standard InChI is InChI=1S/C11H13BrN2OS/c1-3-6-13-11(15)8(2)14-7-9-4-5-10(12)16-9/h1,4-5,8,14H,6-7H2,2H3,(H,13,15). The highest BCUT2D eigenvalue weighted by Crippen LogP contribution is 2.21. The zero-order chi connectivity index (χ0) is 12.0. The van der Waals surface area contributed by atoms with Crippen LogP contribution in [0.1, 0.15) is 11.8 Å². The topological polar surface area (TPSA) is 41.1 Å². The average Bonchev–Trinajstić information content (AvgIpc) is 2.68. The highest BCUT2D eigenvalue weighted by molar-refractivity contribution is 9.11. The minimum atomic E-state index is -0.241. The van der Waals surface area contributed by atoms with Crippen LogP contribution in [0.5, 0.6) is 0 Å². The number of nitrogens with one attached hydrogen (secondary N) is 2. The van der Waals surface area contributed by atoms with Crippen LogP contribution in [0.4, 0.5) is 0 Å². The zero-order valence-corrected chi connectivity index (χ0v) is 11.3. The minimum absolute atomic E-state index is 0.0754. The van der Waals surface area contributed by atoms with Gasteiger partial charge in [-0.3, -0.25) is 4.79 Å². The molecule has 1 aromatic rings. The van der Waals surface area contributed by atoms with Crippen LogP contribution in [0.2, 0.25) is 0 Å². The third-order valence-corrected chi connectivity index (χ3v) is 3.59. The number of terminal acetylenes is 1. The molecule has 0 saturated carbocycles. The van der Waals surface area contributed by atoms with E-state index in [1.807, 2.05) is 19.1 Å². The number of hydrogen-bond acceptors (Lipinski definition) is 3. The Morgan fingerprint density at radius 1 is 1.69 bits per heavy atom. The molecule has 1 atom stereocenters. The summed E-state index contributed by atoms with van der Waals surface area (Å²) in [4.78, 5) is 12.6. The molecule has 0 aromatic carbocycles. The van der Waals surface area contributed by atoms with Gasteiger partial charge in [-0.25, -0.2) is 0 Å². The van der Waals surface area contributed by atoms with Crippen LogP contribution >= 0.6 is 27.3 Å². The van der Waals surface area contributed by atoms with Gasteiger partial charge in [0.1, 0.15) is 0 Å². The summed E-state index contributed by atoms with van der Waals surface area (Å²) < 4.78 is 1.09. The average molecular weight is 301 g/mol. The van der Waals surface area contributed by atoms with Crippen LogP contribution in [0.3, 0.4) is 0 Å². The molecule has 1 heterocycles. The van der Waals surface area contributed by atoms with Crippen LogP contribution in [-0.2, 0) is 11.3 Å². The molecule has 1 rings (SSSR count). The first-order chi connectivity index (χ1) is 7.63. The molecule has 86 valence electrons. The van der Waals surface area contributed by atoms with Crippen molar-refractivity contribution >= 4 is 33.2 Å². The maximum Gasteiger partial charge on any atom is 0.237 e. The van der Waals surface area contributed by atoms with Crippen LogP contribution in [0, 0.1) is 12.3 Å². The summed E-state index contributed by atoms with van der Waals surface area (Å²) in [7, 11) is 0. The van der Waals surface area contributed by atoms with Gasteiger partial charge in [0, 0.05) is 11.4 Å². The lowest BCUT2D eigenvalue weighted by Crippen LogP contribution is -2.41. The van der Waals surface area contributed by atoms with E-state index >= 15 is 0 Å². The third-order valence-electron chi connectivity index (χ3n) is 1.97. The molecule has 3 nitrogen and oxygen atoms in total. The summed E-state index contributed by atoms with van der Waals surface area (Å²) in [6, 6.07) is 3.77. The van der Waals surface area contributed by atoms with Gasteiger partial charge in [0.15, 0.2) is 0 Å². The second kappa shape index (κ2) is 6.69. The van der Waals surface area contributed by atoms with Gasteiger partial charge in [0.2, 0.25) is 5.91 Å². The van der Waals surface area contributed by atoms with Crippen molar-refractivity contribution in [3.63, 3.8) is 0 Å². The van der Waals surface area contributed by atoms with E-state index in [0.29, 0.717) is 6.54 Å². The molecule has 2 N–H and O–H groups in total. The number of halogens is 1. The zero-order valence-electron chi connectivity index (χ0n) is 8.92. The molecular weight excluding hydrogens is 288 g/mol. The number of hydrogen-bond donors (Lipinski definition) is 2. The van der Waals surface area contributed by atoms with Gasteiger partial charge >= 0.3 is 0 Å². The van der Waals surface area contributed by atoms with Crippen molar-refractivity contribution in [1.29, 1.82) is 0 Å². The Hall–Kier alpha value is -0.830. The Balaban J connectivity index is 2.32. The fourth-order valence-electron chi connectivity index (χ4n) is 1.08. The van der Waals surface area contributed by atoms with Crippen molar-refractivity contribution < 1.29 is 4.79 Å². The van der Waals surface area contributed by atoms with Gasteiger partial charge in [-0.15, -0.1) is 17.8 Å². The van der Waals surface area contributed by atoms with E-state index in [0.717, 1.165) is 3.79 Å². The molecule has 0 saturated heterocycles. The molecule has 1 aromatic heterocycles. The highest BCUT2D eigenvalue weighted by atomic mass is 79.9. The Morgan fingerprint density at radius 2 is 2.44 bits per heavy atom. The monoisotopic (exact) mass is 300 g/mol. The highest BCUT2D eigenvalue weighted by Gasteiger charge is 2.11. The normalized spacial score (nSPS) is 11.8. The molecular formula is C11H13BrN2OS. The smallest absolute Gasteiger partial charge is 0.237 e. The number of rotatable bonds is 5. The molecule has 16 heavy (non-hydrogen) atoms. The largest absolute Gasteiger partial charge is 0.344 e. The van der Waals surface area contributed by atoms with Crippen molar-refractivity contribution in [2.24, 2.45) is 0 Å². The molecule has 0 aliphatic carbocycles. The molecule has 1 amide bonds. The second-order valence-electron chi connectivity index (χ2n) is 3.23. The fourth-order valence-corrected chi connectivity index (χ4v) is 2.52. The first kappa shape index (κ1) is 13.2. The van der Waals surface area contributed by atoms with Gasteiger partial charge in [-0.05, 0) is 35.0 Å². The maximum absolute atomic E-state index is 11.5. The van der Waals surface area contributed by atoms with Crippen LogP contribution in [0.25, 0.3) is 0 Å². The van der Waals surface area contributed by atoms with Gasteiger partial charge in [-0.2, -0.15) is 0 Å². The second-order valence-corrected chi connectivity index (χ2v) is 5.78. The van der Waals surface area contributed by atoms with Gasteiger partial charge in [0.25, 0.3) is 0 Å². The molecule has 5 heteroatoms. The molecule has 0 aliphatic heterocycles. The van der Waals surface area contributed by atoms with Crippen LogP contribution in [0.15, 0.2) is 15.9 Å². The third kappa shape index (κ3) is 4.35. The number of carbonyl (C=O) groups excluding carboxylic acids is 1. The lowest BCUT2D eigenvalue weighted by Gasteiger charge is -2.11. The lowest BCUT2D eigenvalue weighted by molar-refractivity contribution is -0.122. The summed E-state index contributed by atoms with van der Waals surface area (Å²) in [6.45, 7) is 2.77. The molecule has 0 radical (unpaired) electrons. The van der Waals surface area contributed by atoms with Crippen LogP contribution in [-0.4, -0.2) is 18.5 Å². The number of carbonyl (C=O) groups is 1. The van der Waals surface area contributed by atoms with E-state index in [2.05, 4.69) is 32.5 Å². The molecule has 0 bridgehead atoms. The Bertz CT molecular complexity index is 397. The van der Waals surface area contributed by atoms with Crippen molar-refractivity contribution in [1.82, 2.24) is 10.6 Å². The minimum Gasteiger partial charge on any atom is -0.344 e. The van der Waals surface area contributed by atoms with Gasteiger partial charge < -0.3 is 10.6 Å². The molecule has 0 fully saturated rings. The Morgan fingerprint density at radius 3 is 3.00 bits per heavy atom. The summed E-state index contributed by atoms with van der Waals surface area (Å²) in [6.07, 6.45) is 5.06. The van der Waals surface area contributed by atoms with Crippen molar-refractivity contribution in [3.8, 4) is 12.3 Å². The van der Waals surface area contributed by atoms with Crippen molar-refractivity contribution in [2.45, 2.75) is 19.5 Å². The van der Waals surface area contributed by atoms with Crippen molar-refractivity contribution in [2.75, 3.05) is 6.54 Å². The molecule has 0 aliphatic rings. The Labute approximate surface area is 108 Å². The first-order valence-corrected chi connectivity index (χ1v) is 6.43.